The van der Waals surface area contributed by atoms with Gasteiger partial charge in [0.25, 0.3) is 0 Å². The van der Waals surface area contributed by atoms with Crippen LogP contribution in [0.15, 0.2) is 17.7 Å². The maximum atomic E-state index is 12.3. The highest BCUT2D eigenvalue weighted by Crippen LogP contribution is 2.41. The maximum Gasteiger partial charge on any atom is 0.203 e. The van der Waals surface area contributed by atoms with Gasteiger partial charge in [-0.05, 0) is 42.2 Å². The first-order valence-electron chi connectivity index (χ1n) is 6.98. The SMILES string of the molecule is COc1cc(/C=C2\CCC(C)(C)C2=O)cc(OC)c1OC. The molecule has 1 saturated carbocycles. The van der Waals surface area contributed by atoms with E-state index in [1.54, 1.807) is 21.3 Å². The van der Waals surface area contributed by atoms with Gasteiger partial charge in [-0.1, -0.05) is 13.8 Å². The summed E-state index contributed by atoms with van der Waals surface area (Å²) in [6, 6.07) is 3.71. The van der Waals surface area contributed by atoms with E-state index in [1.807, 2.05) is 32.1 Å². The minimum Gasteiger partial charge on any atom is -0.493 e. The Morgan fingerprint density at radius 3 is 2.00 bits per heavy atom. The lowest BCUT2D eigenvalue weighted by Gasteiger charge is -2.14. The number of hydrogen-bond donors (Lipinski definition) is 0. The molecule has 4 heteroatoms. The maximum absolute atomic E-state index is 12.3. The van der Waals surface area contributed by atoms with Crippen LogP contribution in [0, 0.1) is 5.41 Å². The first-order valence-corrected chi connectivity index (χ1v) is 6.98. The molecule has 1 aromatic rings. The average Bonchev–Trinajstić information content (AvgIpc) is 2.73. The van der Waals surface area contributed by atoms with Crippen LogP contribution in [0.25, 0.3) is 6.08 Å². The Morgan fingerprint density at radius 1 is 1.05 bits per heavy atom. The zero-order valence-corrected chi connectivity index (χ0v) is 13.3. The third kappa shape index (κ3) is 2.89. The summed E-state index contributed by atoms with van der Waals surface area (Å²) in [6.45, 7) is 3.98. The van der Waals surface area contributed by atoms with Gasteiger partial charge in [0, 0.05) is 5.41 Å². The Hall–Kier alpha value is -1.97. The number of carbonyl (C=O) groups excluding carboxylic acids is 1. The quantitative estimate of drug-likeness (QED) is 0.796. The van der Waals surface area contributed by atoms with Crippen LogP contribution in [0.3, 0.4) is 0 Å². The van der Waals surface area contributed by atoms with Crippen molar-refractivity contribution in [3.05, 3.63) is 23.3 Å². The standard InChI is InChI=1S/C17H22O4/c1-17(2)7-6-12(16(17)18)8-11-9-13(19-3)15(21-5)14(10-11)20-4/h8-10H,6-7H2,1-5H3/b12-8+. The fraction of sp³-hybridized carbons (Fsp3) is 0.471. The molecule has 0 N–H and O–H groups in total. The normalized spacial score (nSPS) is 18.9. The number of rotatable bonds is 4. The first kappa shape index (κ1) is 15.4. The van der Waals surface area contributed by atoms with Crippen molar-refractivity contribution in [1.82, 2.24) is 0 Å². The van der Waals surface area contributed by atoms with Gasteiger partial charge < -0.3 is 14.2 Å². The Labute approximate surface area is 125 Å². The van der Waals surface area contributed by atoms with E-state index in [9.17, 15) is 4.79 Å². The van der Waals surface area contributed by atoms with Crippen LogP contribution < -0.4 is 14.2 Å². The van der Waals surface area contributed by atoms with Crippen molar-refractivity contribution >= 4 is 11.9 Å². The Morgan fingerprint density at radius 2 is 1.62 bits per heavy atom. The molecule has 0 aliphatic heterocycles. The molecule has 0 aromatic heterocycles. The number of ether oxygens (including phenoxy) is 3. The summed E-state index contributed by atoms with van der Waals surface area (Å²) in [4.78, 5) is 12.3. The van der Waals surface area contributed by atoms with Crippen molar-refractivity contribution in [2.24, 2.45) is 5.41 Å². The van der Waals surface area contributed by atoms with E-state index < -0.39 is 0 Å². The summed E-state index contributed by atoms with van der Waals surface area (Å²) in [6.07, 6.45) is 3.62. The third-order valence-corrected chi connectivity index (χ3v) is 3.95. The number of allylic oxidation sites excluding steroid dienone is 1. The molecular weight excluding hydrogens is 268 g/mol. The second-order valence-electron chi connectivity index (χ2n) is 5.84. The molecule has 0 unspecified atom stereocenters. The minimum atomic E-state index is -0.257. The average molecular weight is 290 g/mol. The molecule has 4 nitrogen and oxygen atoms in total. The van der Waals surface area contributed by atoms with E-state index in [0.717, 1.165) is 24.0 Å². The lowest BCUT2D eigenvalue weighted by Crippen LogP contribution is -2.17. The van der Waals surface area contributed by atoms with Crippen LogP contribution in [0.2, 0.25) is 0 Å². The number of ketones is 1. The summed E-state index contributed by atoms with van der Waals surface area (Å²) >= 11 is 0. The largest absolute Gasteiger partial charge is 0.493 e. The van der Waals surface area contributed by atoms with Gasteiger partial charge in [0.2, 0.25) is 5.75 Å². The predicted molar refractivity (Wildman–Crippen MR) is 82.1 cm³/mol. The Bertz CT molecular complexity index is 559. The van der Waals surface area contributed by atoms with E-state index >= 15 is 0 Å². The molecule has 0 amide bonds. The summed E-state index contributed by atoms with van der Waals surface area (Å²) < 4.78 is 16.0. The van der Waals surface area contributed by atoms with E-state index in [2.05, 4.69) is 0 Å². The fourth-order valence-electron chi connectivity index (χ4n) is 2.63. The lowest BCUT2D eigenvalue weighted by atomic mass is 9.90. The number of benzene rings is 1. The second kappa shape index (κ2) is 5.80. The van der Waals surface area contributed by atoms with Gasteiger partial charge >= 0.3 is 0 Å². The van der Waals surface area contributed by atoms with Crippen LogP contribution in [0.5, 0.6) is 17.2 Å². The number of Topliss-reactive ketones (excluding diaryl/α,β-unsaturated/α-hetero) is 1. The van der Waals surface area contributed by atoms with Gasteiger partial charge in [-0.3, -0.25) is 4.79 Å². The highest BCUT2D eigenvalue weighted by Gasteiger charge is 2.36. The molecule has 0 heterocycles. The lowest BCUT2D eigenvalue weighted by molar-refractivity contribution is -0.121. The number of carbonyl (C=O) groups is 1. The van der Waals surface area contributed by atoms with E-state index in [-0.39, 0.29) is 11.2 Å². The predicted octanol–water partition coefficient (Wildman–Crippen LogP) is 3.48. The minimum absolute atomic E-state index is 0.219. The van der Waals surface area contributed by atoms with Crippen LogP contribution in [0.4, 0.5) is 0 Å². The first-order chi connectivity index (χ1) is 9.92. The van der Waals surface area contributed by atoms with Gasteiger partial charge in [-0.25, -0.2) is 0 Å². The highest BCUT2D eigenvalue weighted by atomic mass is 16.5. The molecule has 114 valence electrons. The van der Waals surface area contributed by atoms with Gasteiger partial charge in [-0.15, -0.1) is 0 Å². The molecule has 0 bridgehead atoms. The molecule has 1 aliphatic carbocycles. The van der Waals surface area contributed by atoms with E-state index in [1.165, 1.54) is 0 Å². The van der Waals surface area contributed by atoms with Crippen molar-refractivity contribution in [2.75, 3.05) is 21.3 Å². The third-order valence-electron chi connectivity index (χ3n) is 3.95. The van der Waals surface area contributed by atoms with Gasteiger partial charge in [-0.2, -0.15) is 0 Å². The van der Waals surface area contributed by atoms with Crippen molar-refractivity contribution in [3.8, 4) is 17.2 Å². The van der Waals surface area contributed by atoms with Crippen molar-refractivity contribution in [1.29, 1.82) is 0 Å². The van der Waals surface area contributed by atoms with Crippen LogP contribution in [-0.2, 0) is 4.79 Å². The summed E-state index contributed by atoms with van der Waals surface area (Å²) in [7, 11) is 4.73. The zero-order valence-electron chi connectivity index (χ0n) is 13.3. The smallest absolute Gasteiger partial charge is 0.203 e. The zero-order chi connectivity index (χ0) is 15.6. The van der Waals surface area contributed by atoms with Crippen LogP contribution in [0.1, 0.15) is 32.3 Å². The molecule has 2 rings (SSSR count). The Kier molecular flexibility index (Phi) is 4.26. The topological polar surface area (TPSA) is 44.8 Å². The molecule has 1 fully saturated rings. The summed E-state index contributed by atoms with van der Waals surface area (Å²) in [5.41, 5.74) is 1.48. The van der Waals surface area contributed by atoms with Crippen molar-refractivity contribution < 1.29 is 19.0 Å². The van der Waals surface area contributed by atoms with Gasteiger partial charge in [0.1, 0.15) is 0 Å². The van der Waals surface area contributed by atoms with Gasteiger partial charge in [0.05, 0.1) is 21.3 Å². The van der Waals surface area contributed by atoms with Crippen LogP contribution in [-0.4, -0.2) is 27.1 Å². The molecule has 1 aromatic carbocycles. The molecule has 21 heavy (non-hydrogen) atoms. The number of methoxy groups -OCH3 is 3. The monoisotopic (exact) mass is 290 g/mol. The summed E-state index contributed by atoms with van der Waals surface area (Å²) in [5.74, 6) is 1.96. The van der Waals surface area contributed by atoms with E-state index in [4.69, 9.17) is 14.2 Å². The molecule has 0 spiro atoms. The molecule has 0 atom stereocenters. The van der Waals surface area contributed by atoms with E-state index in [0.29, 0.717) is 17.2 Å². The number of hydrogen-bond acceptors (Lipinski definition) is 4. The molecular formula is C17H22O4. The summed E-state index contributed by atoms with van der Waals surface area (Å²) in [5, 5.41) is 0. The molecule has 0 saturated heterocycles. The fourth-order valence-corrected chi connectivity index (χ4v) is 2.63. The van der Waals surface area contributed by atoms with Gasteiger partial charge in [0.15, 0.2) is 17.3 Å². The Balaban J connectivity index is 2.44. The van der Waals surface area contributed by atoms with Crippen LogP contribution >= 0.6 is 0 Å². The second-order valence-corrected chi connectivity index (χ2v) is 5.84. The van der Waals surface area contributed by atoms with Crippen molar-refractivity contribution in [2.45, 2.75) is 26.7 Å². The molecule has 0 radical (unpaired) electrons. The van der Waals surface area contributed by atoms with Crippen molar-refractivity contribution in [3.63, 3.8) is 0 Å². The highest BCUT2D eigenvalue weighted by molar-refractivity contribution is 6.05. The molecule has 1 aliphatic rings.